The maximum absolute atomic E-state index is 3.59. The van der Waals surface area contributed by atoms with Crippen molar-refractivity contribution in [3.8, 4) is 0 Å². The van der Waals surface area contributed by atoms with Crippen molar-refractivity contribution < 1.29 is 0 Å². The highest BCUT2D eigenvalue weighted by Crippen LogP contribution is 2.38. The molecule has 0 aliphatic rings. The van der Waals surface area contributed by atoms with E-state index in [1.54, 1.807) is 11.3 Å². The molecule has 2 aromatic rings. The topological polar surface area (TPSA) is 0 Å². The van der Waals surface area contributed by atoms with Crippen molar-refractivity contribution in [2.75, 3.05) is 0 Å². The Hall–Kier alpha value is 0.140. The zero-order valence-corrected chi connectivity index (χ0v) is 11.1. The van der Waals surface area contributed by atoms with E-state index in [1.165, 1.54) is 25.0 Å². The van der Waals surface area contributed by atoms with Gasteiger partial charge in [-0.1, -0.05) is 28.1 Å². The fraction of sp³-hybridized carbons (Fsp3) is 0.200. The number of alkyl halides is 1. The Labute approximate surface area is 98.2 Å². The van der Waals surface area contributed by atoms with E-state index in [9.17, 15) is 0 Å². The van der Waals surface area contributed by atoms with Gasteiger partial charge in [0.05, 0.1) is 3.79 Å². The first-order valence-corrected chi connectivity index (χ1v) is 6.69. The van der Waals surface area contributed by atoms with Gasteiger partial charge in [-0.15, -0.1) is 11.3 Å². The molecule has 13 heavy (non-hydrogen) atoms. The van der Waals surface area contributed by atoms with Crippen molar-refractivity contribution in [3.05, 3.63) is 33.1 Å². The summed E-state index contributed by atoms with van der Waals surface area (Å²) in [6.07, 6.45) is 0. The van der Waals surface area contributed by atoms with Crippen molar-refractivity contribution >= 4 is 53.3 Å². The molecule has 1 aromatic heterocycles. The molecule has 1 aromatic carbocycles. The molecular formula is C10H8Br2S. The second kappa shape index (κ2) is 3.71. The summed E-state index contributed by atoms with van der Waals surface area (Å²) in [4.78, 5) is 0. The van der Waals surface area contributed by atoms with Crippen LogP contribution in [0.1, 0.15) is 11.1 Å². The molecule has 0 nitrogen and oxygen atoms in total. The van der Waals surface area contributed by atoms with E-state index in [0.29, 0.717) is 0 Å². The minimum absolute atomic E-state index is 0.915. The number of benzene rings is 1. The summed E-state index contributed by atoms with van der Waals surface area (Å²) in [6.45, 7) is 2.16. The van der Waals surface area contributed by atoms with Crippen LogP contribution >= 0.6 is 43.2 Å². The maximum Gasteiger partial charge on any atom is 0.0751 e. The van der Waals surface area contributed by atoms with Crippen molar-refractivity contribution in [1.82, 2.24) is 0 Å². The highest BCUT2D eigenvalue weighted by Gasteiger charge is 2.09. The molecule has 3 heteroatoms. The zero-order chi connectivity index (χ0) is 9.42. The first-order chi connectivity index (χ1) is 6.24. The molecule has 0 aliphatic carbocycles. The Balaban J connectivity index is 2.88. The van der Waals surface area contributed by atoms with Gasteiger partial charge >= 0.3 is 0 Å². The van der Waals surface area contributed by atoms with E-state index >= 15 is 0 Å². The van der Waals surface area contributed by atoms with E-state index in [2.05, 4.69) is 57.0 Å². The number of hydrogen-bond donors (Lipinski definition) is 0. The number of halogens is 2. The average molecular weight is 320 g/mol. The normalized spacial score (nSPS) is 11.0. The summed E-state index contributed by atoms with van der Waals surface area (Å²) in [5.74, 6) is 0. The van der Waals surface area contributed by atoms with Crippen LogP contribution in [0.2, 0.25) is 0 Å². The largest absolute Gasteiger partial charge is 0.128 e. The van der Waals surface area contributed by atoms with Crippen LogP contribution in [0, 0.1) is 6.92 Å². The molecule has 0 amide bonds. The number of thiophene rings is 1. The van der Waals surface area contributed by atoms with E-state index in [1.807, 2.05) is 0 Å². The number of rotatable bonds is 1. The molecule has 1 heterocycles. The van der Waals surface area contributed by atoms with Crippen LogP contribution in [0.25, 0.3) is 10.1 Å². The second-order valence-electron chi connectivity index (χ2n) is 2.94. The maximum atomic E-state index is 3.59. The Morgan fingerprint density at radius 2 is 2.15 bits per heavy atom. The predicted molar refractivity (Wildman–Crippen MR) is 66.9 cm³/mol. The SMILES string of the molecule is Cc1cccc2sc(Br)c(CBr)c12. The first kappa shape index (κ1) is 9.69. The molecule has 0 atom stereocenters. The van der Waals surface area contributed by atoms with Crippen molar-refractivity contribution in [1.29, 1.82) is 0 Å². The van der Waals surface area contributed by atoms with E-state index in [-0.39, 0.29) is 0 Å². The number of hydrogen-bond acceptors (Lipinski definition) is 1. The van der Waals surface area contributed by atoms with Crippen molar-refractivity contribution in [2.45, 2.75) is 12.3 Å². The van der Waals surface area contributed by atoms with Crippen LogP contribution in [-0.2, 0) is 5.33 Å². The lowest BCUT2D eigenvalue weighted by molar-refractivity contribution is 1.46. The smallest absolute Gasteiger partial charge is 0.0751 e. The zero-order valence-electron chi connectivity index (χ0n) is 7.10. The van der Waals surface area contributed by atoms with Crippen molar-refractivity contribution in [2.24, 2.45) is 0 Å². The fourth-order valence-electron chi connectivity index (χ4n) is 1.49. The van der Waals surface area contributed by atoms with Crippen LogP contribution in [0.15, 0.2) is 22.0 Å². The average Bonchev–Trinajstić information content (AvgIpc) is 2.42. The third-order valence-electron chi connectivity index (χ3n) is 2.11. The molecule has 0 saturated carbocycles. The Morgan fingerprint density at radius 3 is 2.85 bits per heavy atom. The summed E-state index contributed by atoms with van der Waals surface area (Å²) in [7, 11) is 0. The molecule has 0 unspecified atom stereocenters. The lowest BCUT2D eigenvalue weighted by atomic mass is 10.1. The molecule has 68 valence electrons. The molecule has 0 aliphatic heterocycles. The van der Waals surface area contributed by atoms with Gasteiger partial charge in [0.25, 0.3) is 0 Å². The molecule has 0 bridgehead atoms. The minimum atomic E-state index is 0.915. The van der Waals surface area contributed by atoms with Gasteiger partial charge in [-0.05, 0) is 40.0 Å². The van der Waals surface area contributed by atoms with Gasteiger partial charge in [0, 0.05) is 15.4 Å². The third kappa shape index (κ3) is 1.58. The molecule has 0 saturated heterocycles. The number of aryl methyl sites for hydroxylation is 1. The van der Waals surface area contributed by atoms with Gasteiger partial charge in [-0.2, -0.15) is 0 Å². The lowest BCUT2D eigenvalue weighted by Gasteiger charge is -1.98. The van der Waals surface area contributed by atoms with Gasteiger partial charge in [0.1, 0.15) is 0 Å². The summed E-state index contributed by atoms with van der Waals surface area (Å²) in [6, 6.07) is 6.44. The van der Waals surface area contributed by atoms with E-state index in [0.717, 1.165) is 5.33 Å². The quantitative estimate of drug-likeness (QED) is 0.658. The summed E-state index contributed by atoms with van der Waals surface area (Å²) in [5, 5.41) is 2.31. The summed E-state index contributed by atoms with van der Waals surface area (Å²) >= 11 is 8.92. The number of fused-ring (bicyclic) bond motifs is 1. The van der Waals surface area contributed by atoms with Crippen LogP contribution in [0.4, 0.5) is 0 Å². The lowest BCUT2D eigenvalue weighted by Crippen LogP contribution is -1.78. The predicted octanol–water partition coefficient (Wildman–Crippen LogP) is 4.87. The molecule has 0 spiro atoms. The standard InChI is InChI=1S/C10H8Br2S/c1-6-3-2-4-8-9(6)7(5-11)10(12)13-8/h2-4H,5H2,1H3. The molecular weight excluding hydrogens is 312 g/mol. The summed E-state index contributed by atoms with van der Waals surface area (Å²) < 4.78 is 2.61. The highest BCUT2D eigenvalue weighted by molar-refractivity contribution is 9.11. The van der Waals surface area contributed by atoms with Crippen molar-refractivity contribution in [3.63, 3.8) is 0 Å². The highest BCUT2D eigenvalue weighted by atomic mass is 79.9. The first-order valence-electron chi connectivity index (χ1n) is 3.96. The van der Waals surface area contributed by atoms with Gasteiger partial charge in [0.15, 0.2) is 0 Å². The van der Waals surface area contributed by atoms with Crippen LogP contribution < -0.4 is 0 Å². The van der Waals surface area contributed by atoms with Crippen LogP contribution in [0.5, 0.6) is 0 Å². The molecule has 0 fully saturated rings. The monoisotopic (exact) mass is 318 g/mol. The molecule has 0 N–H and O–H groups in total. The third-order valence-corrected chi connectivity index (χ3v) is 4.62. The fourth-order valence-corrected chi connectivity index (χ4v) is 4.50. The van der Waals surface area contributed by atoms with Gasteiger partial charge < -0.3 is 0 Å². The Kier molecular flexibility index (Phi) is 2.77. The van der Waals surface area contributed by atoms with E-state index in [4.69, 9.17) is 0 Å². The molecule has 0 radical (unpaired) electrons. The van der Waals surface area contributed by atoms with E-state index < -0.39 is 0 Å². The van der Waals surface area contributed by atoms with Gasteiger partial charge in [-0.3, -0.25) is 0 Å². The van der Waals surface area contributed by atoms with Crippen LogP contribution in [0.3, 0.4) is 0 Å². The molecule has 2 rings (SSSR count). The second-order valence-corrected chi connectivity index (χ2v) is 5.87. The minimum Gasteiger partial charge on any atom is -0.128 e. The van der Waals surface area contributed by atoms with Crippen LogP contribution in [-0.4, -0.2) is 0 Å². The van der Waals surface area contributed by atoms with Gasteiger partial charge in [0.2, 0.25) is 0 Å². The summed E-state index contributed by atoms with van der Waals surface area (Å²) in [5.41, 5.74) is 2.73. The Morgan fingerprint density at radius 1 is 1.38 bits per heavy atom. The Bertz CT molecular complexity index is 445. The van der Waals surface area contributed by atoms with Gasteiger partial charge in [-0.25, -0.2) is 0 Å².